The number of ether oxygens (including phenoxy) is 1. The van der Waals surface area contributed by atoms with Gasteiger partial charge in [-0.1, -0.05) is 36.4 Å². The van der Waals surface area contributed by atoms with E-state index in [2.05, 4.69) is 5.32 Å². The molecule has 0 fully saturated rings. The lowest BCUT2D eigenvalue weighted by molar-refractivity contribution is 0.335. The molecule has 0 spiro atoms. The van der Waals surface area contributed by atoms with E-state index in [1.807, 2.05) is 37.3 Å². The molecule has 0 amide bonds. The molecule has 0 saturated heterocycles. The van der Waals surface area contributed by atoms with Crippen molar-refractivity contribution >= 4 is 0 Å². The predicted octanol–water partition coefficient (Wildman–Crippen LogP) is 3.51. The molecule has 0 saturated carbocycles. The quantitative estimate of drug-likeness (QED) is 0.857. The van der Waals surface area contributed by atoms with Crippen LogP contribution in [0.25, 0.3) is 0 Å². The SMILES string of the molecule is CCOc1ccccc1CNCc1ccccc1F. The van der Waals surface area contributed by atoms with Crippen LogP contribution in [0, 0.1) is 5.82 Å². The van der Waals surface area contributed by atoms with Crippen molar-refractivity contribution in [2.45, 2.75) is 20.0 Å². The Morgan fingerprint density at radius 3 is 2.32 bits per heavy atom. The average Bonchev–Trinajstić information content (AvgIpc) is 2.43. The summed E-state index contributed by atoms with van der Waals surface area (Å²) in [7, 11) is 0. The van der Waals surface area contributed by atoms with Crippen LogP contribution in [0.1, 0.15) is 18.1 Å². The minimum absolute atomic E-state index is 0.173. The third-order valence-corrected chi connectivity index (χ3v) is 2.86. The van der Waals surface area contributed by atoms with Crippen LogP contribution in [0.5, 0.6) is 5.75 Å². The number of para-hydroxylation sites is 1. The van der Waals surface area contributed by atoms with Crippen LogP contribution in [-0.2, 0) is 13.1 Å². The normalized spacial score (nSPS) is 10.4. The van der Waals surface area contributed by atoms with E-state index in [9.17, 15) is 4.39 Å². The molecule has 3 heteroatoms. The van der Waals surface area contributed by atoms with Crippen LogP contribution in [0.15, 0.2) is 48.5 Å². The lowest BCUT2D eigenvalue weighted by Crippen LogP contribution is -2.14. The van der Waals surface area contributed by atoms with Gasteiger partial charge in [-0.15, -0.1) is 0 Å². The summed E-state index contributed by atoms with van der Waals surface area (Å²) in [4.78, 5) is 0. The first-order chi connectivity index (χ1) is 9.31. The van der Waals surface area contributed by atoms with E-state index in [1.165, 1.54) is 6.07 Å². The lowest BCUT2D eigenvalue weighted by atomic mass is 10.2. The van der Waals surface area contributed by atoms with E-state index in [4.69, 9.17) is 4.74 Å². The Bertz CT molecular complexity index is 528. The zero-order chi connectivity index (χ0) is 13.5. The van der Waals surface area contributed by atoms with E-state index < -0.39 is 0 Å². The van der Waals surface area contributed by atoms with Gasteiger partial charge in [0.05, 0.1) is 6.61 Å². The fraction of sp³-hybridized carbons (Fsp3) is 0.250. The van der Waals surface area contributed by atoms with Gasteiger partial charge >= 0.3 is 0 Å². The van der Waals surface area contributed by atoms with Crippen LogP contribution >= 0.6 is 0 Å². The Balaban J connectivity index is 1.94. The monoisotopic (exact) mass is 259 g/mol. The third kappa shape index (κ3) is 3.80. The van der Waals surface area contributed by atoms with E-state index in [-0.39, 0.29) is 5.82 Å². The van der Waals surface area contributed by atoms with Crippen LogP contribution in [-0.4, -0.2) is 6.61 Å². The van der Waals surface area contributed by atoms with Crippen LogP contribution < -0.4 is 10.1 Å². The summed E-state index contributed by atoms with van der Waals surface area (Å²) in [6.07, 6.45) is 0. The lowest BCUT2D eigenvalue weighted by Gasteiger charge is -2.11. The summed E-state index contributed by atoms with van der Waals surface area (Å²) in [5.74, 6) is 0.708. The van der Waals surface area contributed by atoms with Gasteiger partial charge in [-0.2, -0.15) is 0 Å². The van der Waals surface area contributed by atoms with E-state index in [0.29, 0.717) is 25.3 Å². The molecular weight excluding hydrogens is 241 g/mol. The standard InChI is InChI=1S/C16H18FNO/c1-2-19-16-10-6-4-8-14(16)12-18-11-13-7-3-5-9-15(13)17/h3-10,18H,2,11-12H2,1H3. The first-order valence-corrected chi connectivity index (χ1v) is 6.46. The van der Waals surface area contributed by atoms with Crippen molar-refractivity contribution in [3.05, 3.63) is 65.5 Å². The Kier molecular flexibility index (Phi) is 4.93. The highest BCUT2D eigenvalue weighted by molar-refractivity contribution is 5.33. The summed E-state index contributed by atoms with van der Waals surface area (Å²) in [6, 6.07) is 14.7. The molecule has 0 heterocycles. The minimum Gasteiger partial charge on any atom is -0.494 e. The average molecular weight is 259 g/mol. The molecule has 2 nitrogen and oxygen atoms in total. The van der Waals surface area contributed by atoms with Crippen molar-refractivity contribution in [1.82, 2.24) is 5.32 Å². The van der Waals surface area contributed by atoms with Gasteiger partial charge < -0.3 is 10.1 Å². The number of hydrogen-bond acceptors (Lipinski definition) is 2. The van der Waals surface area contributed by atoms with E-state index in [1.54, 1.807) is 12.1 Å². The second kappa shape index (κ2) is 6.90. The van der Waals surface area contributed by atoms with Crippen LogP contribution in [0.3, 0.4) is 0 Å². The van der Waals surface area contributed by atoms with Gasteiger partial charge in [-0.05, 0) is 19.1 Å². The highest BCUT2D eigenvalue weighted by Gasteiger charge is 2.03. The molecule has 0 radical (unpaired) electrons. The molecule has 100 valence electrons. The predicted molar refractivity (Wildman–Crippen MR) is 74.6 cm³/mol. The van der Waals surface area contributed by atoms with Gasteiger partial charge in [0.2, 0.25) is 0 Å². The smallest absolute Gasteiger partial charge is 0.127 e. The Morgan fingerprint density at radius 2 is 1.58 bits per heavy atom. The molecule has 2 aromatic carbocycles. The van der Waals surface area contributed by atoms with Crippen molar-refractivity contribution in [2.75, 3.05) is 6.61 Å². The molecule has 0 bridgehead atoms. The van der Waals surface area contributed by atoms with Crippen molar-refractivity contribution in [2.24, 2.45) is 0 Å². The summed E-state index contributed by atoms with van der Waals surface area (Å²) < 4.78 is 19.0. The fourth-order valence-corrected chi connectivity index (χ4v) is 1.92. The summed E-state index contributed by atoms with van der Waals surface area (Å²) in [6.45, 7) is 3.77. The highest BCUT2D eigenvalue weighted by Crippen LogP contribution is 2.17. The summed E-state index contributed by atoms with van der Waals surface area (Å²) >= 11 is 0. The highest BCUT2D eigenvalue weighted by atomic mass is 19.1. The molecule has 0 atom stereocenters. The number of nitrogens with one attached hydrogen (secondary N) is 1. The maximum Gasteiger partial charge on any atom is 0.127 e. The molecule has 19 heavy (non-hydrogen) atoms. The van der Waals surface area contributed by atoms with Gasteiger partial charge in [0.25, 0.3) is 0 Å². The zero-order valence-corrected chi connectivity index (χ0v) is 11.0. The molecule has 0 unspecified atom stereocenters. The fourth-order valence-electron chi connectivity index (χ4n) is 1.92. The minimum atomic E-state index is -0.173. The maximum atomic E-state index is 13.5. The van der Waals surface area contributed by atoms with Gasteiger partial charge in [0, 0.05) is 24.2 Å². The van der Waals surface area contributed by atoms with Gasteiger partial charge in [0.1, 0.15) is 11.6 Å². The molecule has 0 aromatic heterocycles. The molecule has 0 aliphatic carbocycles. The van der Waals surface area contributed by atoms with E-state index >= 15 is 0 Å². The Morgan fingerprint density at radius 1 is 0.947 bits per heavy atom. The van der Waals surface area contributed by atoms with Crippen molar-refractivity contribution < 1.29 is 9.13 Å². The van der Waals surface area contributed by atoms with E-state index in [0.717, 1.165) is 11.3 Å². The van der Waals surface area contributed by atoms with Crippen LogP contribution in [0.2, 0.25) is 0 Å². The summed E-state index contributed by atoms with van der Waals surface area (Å²) in [5, 5.41) is 3.24. The molecule has 2 aromatic rings. The van der Waals surface area contributed by atoms with Crippen molar-refractivity contribution in [3.63, 3.8) is 0 Å². The van der Waals surface area contributed by atoms with Gasteiger partial charge in [0.15, 0.2) is 0 Å². The maximum absolute atomic E-state index is 13.5. The topological polar surface area (TPSA) is 21.3 Å². The molecular formula is C16H18FNO. The Labute approximate surface area is 113 Å². The van der Waals surface area contributed by atoms with Crippen LogP contribution in [0.4, 0.5) is 4.39 Å². The molecule has 0 aliphatic rings. The number of benzene rings is 2. The number of rotatable bonds is 6. The first kappa shape index (κ1) is 13.6. The zero-order valence-electron chi connectivity index (χ0n) is 11.0. The number of hydrogen-bond donors (Lipinski definition) is 1. The number of halogens is 1. The van der Waals surface area contributed by atoms with Crippen molar-refractivity contribution in [3.8, 4) is 5.75 Å². The second-order valence-electron chi connectivity index (χ2n) is 4.24. The van der Waals surface area contributed by atoms with Gasteiger partial charge in [-0.3, -0.25) is 0 Å². The Hall–Kier alpha value is -1.87. The molecule has 0 aliphatic heterocycles. The third-order valence-electron chi connectivity index (χ3n) is 2.86. The molecule has 2 rings (SSSR count). The van der Waals surface area contributed by atoms with Crippen molar-refractivity contribution in [1.29, 1.82) is 0 Å². The van der Waals surface area contributed by atoms with Gasteiger partial charge in [-0.25, -0.2) is 4.39 Å². The first-order valence-electron chi connectivity index (χ1n) is 6.46. The molecule has 1 N–H and O–H groups in total. The second-order valence-corrected chi connectivity index (χ2v) is 4.24. The largest absolute Gasteiger partial charge is 0.494 e. The summed E-state index contributed by atoms with van der Waals surface area (Å²) in [5.41, 5.74) is 1.76.